The zero-order valence-electron chi connectivity index (χ0n) is 25.5. The molecule has 4 rings (SSSR count). The van der Waals surface area contributed by atoms with Crippen molar-refractivity contribution in [1.29, 1.82) is 0 Å². The van der Waals surface area contributed by atoms with E-state index in [1.807, 2.05) is 4.90 Å². The lowest BCUT2D eigenvalue weighted by Crippen LogP contribution is -2.47. The van der Waals surface area contributed by atoms with Crippen LogP contribution in [0.2, 0.25) is 10.0 Å². The highest BCUT2D eigenvalue weighted by Crippen LogP contribution is 2.36. The Bertz CT molecular complexity index is 1590. The Balaban J connectivity index is 1.70. The quantitative estimate of drug-likeness (QED) is 0.260. The molecule has 1 saturated heterocycles. The number of pyridine rings is 1. The molecule has 2 amide bonds. The normalized spacial score (nSPS) is 15.1. The molecule has 0 radical (unpaired) electrons. The minimum atomic E-state index is -5.82. The predicted octanol–water partition coefficient (Wildman–Crippen LogP) is 6.69. The molecule has 1 aliphatic rings. The van der Waals surface area contributed by atoms with Crippen molar-refractivity contribution in [2.24, 2.45) is 18.4 Å². The number of hydrogen-bond acceptors (Lipinski definition) is 5. The van der Waals surface area contributed by atoms with Gasteiger partial charge < -0.3 is 20.1 Å². The Morgan fingerprint density at radius 3 is 2.27 bits per heavy atom. The SMILES string of the molecule is CC1CCN(c2nc3c(cc2C(=O)NCC(F)(F)C(F)(F)F)nc(Cc2c(Cl)ccc(CNC(=O)C(C)(C)C)c2Cl)n3C)CC1. The number of rotatable bonds is 8. The van der Waals surface area contributed by atoms with Crippen LogP contribution in [0.1, 0.15) is 67.8 Å². The molecule has 3 aromatic rings. The van der Waals surface area contributed by atoms with E-state index in [0.29, 0.717) is 51.7 Å². The molecular formula is C30H35Cl2F5N6O2. The average Bonchev–Trinajstić information content (AvgIpc) is 3.26. The van der Waals surface area contributed by atoms with E-state index in [1.165, 1.54) is 6.07 Å². The van der Waals surface area contributed by atoms with E-state index in [4.69, 9.17) is 23.2 Å². The van der Waals surface area contributed by atoms with Crippen LogP contribution in [0.25, 0.3) is 11.2 Å². The smallest absolute Gasteiger partial charge is 0.356 e. The van der Waals surface area contributed by atoms with Gasteiger partial charge in [-0.1, -0.05) is 57.0 Å². The zero-order valence-corrected chi connectivity index (χ0v) is 27.0. The number of fused-ring (bicyclic) bond motifs is 1. The van der Waals surface area contributed by atoms with Crippen LogP contribution in [0.3, 0.4) is 0 Å². The fraction of sp³-hybridized carbons (Fsp3) is 0.533. The monoisotopic (exact) mass is 676 g/mol. The molecule has 0 bridgehead atoms. The third-order valence-electron chi connectivity index (χ3n) is 7.85. The lowest BCUT2D eigenvalue weighted by atomic mass is 9.95. The van der Waals surface area contributed by atoms with Gasteiger partial charge in [0, 0.05) is 43.5 Å². The second-order valence-electron chi connectivity index (χ2n) is 12.5. The number of halogens is 7. The average molecular weight is 678 g/mol. The topological polar surface area (TPSA) is 92.2 Å². The standard InChI is InChI=1S/C30H35Cl2F5N6O2/c1-16-8-10-43(11-9-16)24-19(26(44)39-15-29(33,34)30(35,36)37)12-21-25(41-24)42(5)22(40-21)13-18-20(31)7-6-17(23(18)32)14-38-27(45)28(2,3)4/h6-7,12,16H,8-11,13-15H2,1-5H3,(H,38,45)(H,39,44). The second kappa shape index (κ2) is 12.9. The number of hydrogen-bond donors (Lipinski definition) is 2. The molecule has 1 aliphatic heterocycles. The summed E-state index contributed by atoms with van der Waals surface area (Å²) >= 11 is 13.3. The molecular weight excluding hydrogens is 642 g/mol. The van der Waals surface area contributed by atoms with Crippen LogP contribution in [-0.2, 0) is 24.8 Å². The first kappa shape index (κ1) is 34.7. The number of alkyl halides is 5. The molecule has 1 aromatic carbocycles. The largest absolute Gasteiger partial charge is 0.455 e. The van der Waals surface area contributed by atoms with Crippen LogP contribution in [0.5, 0.6) is 0 Å². The van der Waals surface area contributed by atoms with E-state index in [1.54, 1.807) is 49.8 Å². The number of aromatic nitrogens is 3. The van der Waals surface area contributed by atoms with Gasteiger partial charge in [0.25, 0.3) is 5.91 Å². The summed E-state index contributed by atoms with van der Waals surface area (Å²) in [6.45, 7) is 6.76. The summed E-state index contributed by atoms with van der Waals surface area (Å²) in [4.78, 5) is 36.6. The van der Waals surface area contributed by atoms with E-state index >= 15 is 0 Å². The Hall–Kier alpha value is -3.19. The third-order valence-corrected chi connectivity index (χ3v) is 8.68. The molecule has 2 aromatic heterocycles. The van der Waals surface area contributed by atoms with E-state index < -0.39 is 30.0 Å². The van der Waals surface area contributed by atoms with Crippen LogP contribution in [-0.4, -0.2) is 58.1 Å². The van der Waals surface area contributed by atoms with Crippen molar-refractivity contribution in [2.45, 2.75) is 65.6 Å². The first-order valence-electron chi connectivity index (χ1n) is 14.4. The van der Waals surface area contributed by atoms with Crippen LogP contribution in [0.4, 0.5) is 27.8 Å². The second-order valence-corrected chi connectivity index (χ2v) is 13.2. The number of piperidine rings is 1. The molecule has 8 nitrogen and oxygen atoms in total. The minimum Gasteiger partial charge on any atom is -0.356 e. The molecule has 1 fully saturated rings. The minimum absolute atomic E-state index is 0.140. The van der Waals surface area contributed by atoms with Crippen LogP contribution in [0, 0.1) is 11.3 Å². The maximum atomic E-state index is 13.6. The van der Waals surface area contributed by atoms with Crippen molar-refractivity contribution in [3.63, 3.8) is 0 Å². The van der Waals surface area contributed by atoms with Gasteiger partial charge in [-0.15, -0.1) is 0 Å². The summed E-state index contributed by atoms with van der Waals surface area (Å²) < 4.78 is 67.2. The molecule has 0 saturated carbocycles. The van der Waals surface area contributed by atoms with Crippen LogP contribution >= 0.6 is 23.2 Å². The molecule has 45 heavy (non-hydrogen) atoms. The molecule has 246 valence electrons. The zero-order chi connectivity index (χ0) is 33.5. The first-order chi connectivity index (χ1) is 20.8. The lowest BCUT2D eigenvalue weighted by Gasteiger charge is -2.32. The highest BCUT2D eigenvalue weighted by atomic mass is 35.5. The van der Waals surface area contributed by atoms with Gasteiger partial charge >= 0.3 is 12.1 Å². The van der Waals surface area contributed by atoms with Crippen LogP contribution in [0.15, 0.2) is 18.2 Å². The van der Waals surface area contributed by atoms with Crippen molar-refractivity contribution in [2.75, 3.05) is 24.5 Å². The number of anilines is 1. The number of nitrogens with zero attached hydrogens (tertiary/aromatic N) is 4. The Labute approximate surface area is 267 Å². The molecule has 0 spiro atoms. The number of carbonyl (C=O) groups excluding carboxylic acids is 2. The summed E-state index contributed by atoms with van der Waals surface area (Å²) in [6.07, 6.45) is -4.11. The molecule has 0 atom stereocenters. The van der Waals surface area contributed by atoms with Crippen molar-refractivity contribution in [1.82, 2.24) is 25.2 Å². The van der Waals surface area contributed by atoms with Gasteiger partial charge in [0.1, 0.15) is 17.2 Å². The lowest BCUT2D eigenvalue weighted by molar-refractivity contribution is -0.278. The Kier molecular flexibility index (Phi) is 9.94. The Morgan fingerprint density at radius 1 is 1.02 bits per heavy atom. The predicted molar refractivity (Wildman–Crippen MR) is 163 cm³/mol. The van der Waals surface area contributed by atoms with E-state index in [0.717, 1.165) is 12.8 Å². The van der Waals surface area contributed by atoms with Gasteiger partial charge in [0.15, 0.2) is 5.65 Å². The maximum absolute atomic E-state index is 13.6. The number of benzene rings is 1. The summed E-state index contributed by atoms with van der Waals surface area (Å²) in [5.41, 5.74) is 1.03. The molecule has 0 aliphatic carbocycles. The Morgan fingerprint density at radius 2 is 1.67 bits per heavy atom. The number of amides is 2. The highest BCUT2D eigenvalue weighted by Gasteiger charge is 2.57. The fourth-order valence-corrected chi connectivity index (χ4v) is 5.44. The number of aryl methyl sites for hydroxylation is 1. The number of imidazole rings is 1. The summed E-state index contributed by atoms with van der Waals surface area (Å²) in [6, 6.07) is 4.73. The van der Waals surface area contributed by atoms with E-state index in [-0.39, 0.29) is 35.8 Å². The fourth-order valence-electron chi connectivity index (χ4n) is 4.87. The molecule has 3 heterocycles. The van der Waals surface area contributed by atoms with Gasteiger partial charge in [-0.25, -0.2) is 9.97 Å². The van der Waals surface area contributed by atoms with Gasteiger partial charge in [-0.05, 0) is 42.0 Å². The van der Waals surface area contributed by atoms with Gasteiger partial charge in [-0.3, -0.25) is 9.59 Å². The van der Waals surface area contributed by atoms with Crippen LogP contribution < -0.4 is 15.5 Å². The maximum Gasteiger partial charge on any atom is 0.455 e. The van der Waals surface area contributed by atoms with Gasteiger partial charge in [0.2, 0.25) is 5.91 Å². The van der Waals surface area contributed by atoms with Gasteiger partial charge in [-0.2, -0.15) is 22.0 Å². The van der Waals surface area contributed by atoms with Crippen molar-refractivity contribution in [3.8, 4) is 0 Å². The van der Waals surface area contributed by atoms with E-state index in [9.17, 15) is 31.5 Å². The number of carbonyl (C=O) groups is 2. The van der Waals surface area contributed by atoms with E-state index in [2.05, 4.69) is 22.2 Å². The third kappa shape index (κ3) is 7.62. The van der Waals surface area contributed by atoms with Crippen molar-refractivity contribution >= 4 is 52.0 Å². The molecule has 0 unspecified atom stereocenters. The highest BCUT2D eigenvalue weighted by molar-refractivity contribution is 6.36. The van der Waals surface area contributed by atoms with Crippen molar-refractivity contribution < 1.29 is 31.5 Å². The summed E-state index contributed by atoms with van der Waals surface area (Å²) in [5, 5.41) is 5.29. The molecule has 2 N–H and O–H groups in total. The summed E-state index contributed by atoms with van der Waals surface area (Å²) in [7, 11) is 1.71. The van der Waals surface area contributed by atoms with Gasteiger partial charge in [0.05, 0.1) is 17.1 Å². The molecule has 15 heteroatoms. The van der Waals surface area contributed by atoms with Crippen molar-refractivity contribution in [3.05, 3.63) is 50.8 Å². The summed E-state index contributed by atoms with van der Waals surface area (Å²) in [5.74, 6) is -5.34. The first-order valence-corrected chi connectivity index (χ1v) is 15.1. The number of nitrogens with one attached hydrogen (secondary N) is 2.